The van der Waals surface area contributed by atoms with Crippen LogP contribution in [0.1, 0.15) is 26.7 Å². The molecular formula is C9H16O3S. The first kappa shape index (κ1) is 10.7. The summed E-state index contributed by atoms with van der Waals surface area (Å²) in [5.74, 6) is 0.105. The Morgan fingerprint density at radius 2 is 2.08 bits per heavy atom. The Morgan fingerprint density at radius 3 is 2.38 bits per heavy atom. The summed E-state index contributed by atoms with van der Waals surface area (Å²) < 4.78 is 11.6. The highest BCUT2D eigenvalue weighted by Gasteiger charge is 2.40. The molecule has 0 radical (unpaired) electrons. The van der Waals surface area contributed by atoms with Gasteiger partial charge in [-0.15, -0.1) is 0 Å². The molecule has 1 aliphatic rings. The molecule has 0 saturated heterocycles. The predicted octanol–water partition coefficient (Wildman–Crippen LogP) is 1.25. The van der Waals surface area contributed by atoms with E-state index in [1.807, 2.05) is 13.8 Å². The van der Waals surface area contributed by atoms with E-state index in [4.69, 9.17) is 5.11 Å². The van der Waals surface area contributed by atoms with Crippen LogP contribution in [0.15, 0.2) is 0 Å². The highest BCUT2D eigenvalue weighted by molar-refractivity contribution is 7.86. The summed E-state index contributed by atoms with van der Waals surface area (Å²) in [5, 5.41) is 8.27. The number of rotatable bonds is 5. The molecule has 0 aromatic heterocycles. The van der Waals surface area contributed by atoms with Gasteiger partial charge in [-0.2, -0.15) is 0 Å². The second-order valence-electron chi connectivity index (χ2n) is 4.04. The molecule has 1 saturated carbocycles. The number of hydrogen-bond donors (Lipinski definition) is 1. The van der Waals surface area contributed by atoms with Gasteiger partial charge in [-0.25, -0.2) is 0 Å². The minimum atomic E-state index is -1.19. The SMILES string of the molecule is CC(C)CS(=O)C(C(=O)O)C1CC1. The van der Waals surface area contributed by atoms with E-state index in [0.717, 1.165) is 12.8 Å². The van der Waals surface area contributed by atoms with Crippen LogP contribution in [-0.4, -0.2) is 26.3 Å². The largest absolute Gasteiger partial charge is 0.480 e. The molecule has 0 aromatic rings. The van der Waals surface area contributed by atoms with E-state index in [1.165, 1.54) is 0 Å². The molecule has 1 aliphatic carbocycles. The minimum Gasteiger partial charge on any atom is -0.480 e. The topological polar surface area (TPSA) is 54.4 Å². The molecule has 4 heteroatoms. The van der Waals surface area contributed by atoms with Crippen molar-refractivity contribution in [3.05, 3.63) is 0 Å². The molecule has 13 heavy (non-hydrogen) atoms. The van der Waals surface area contributed by atoms with E-state index in [-0.39, 0.29) is 5.92 Å². The van der Waals surface area contributed by atoms with Crippen molar-refractivity contribution in [3.8, 4) is 0 Å². The van der Waals surface area contributed by atoms with Gasteiger partial charge in [0.15, 0.2) is 0 Å². The zero-order valence-corrected chi connectivity index (χ0v) is 8.84. The normalized spacial score (nSPS) is 21.5. The number of hydrogen-bond acceptors (Lipinski definition) is 2. The van der Waals surface area contributed by atoms with E-state index in [9.17, 15) is 9.00 Å². The Labute approximate surface area is 81.0 Å². The summed E-state index contributed by atoms with van der Waals surface area (Å²) in [6.45, 7) is 3.92. The second kappa shape index (κ2) is 4.22. The average Bonchev–Trinajstić information content (AvgIpc) is 2.68. The van der Waals surface area contributed by atoms with Crippen molar-refractivity contribution in [2.45, 2.75) is 31.9 Å². The summed E-state index contributed by atoms with van der Waals surface area (Å²) in [7, 11) is -1.19. The number of aliphatic carboxylic acids is 1. The molecule has 0 spiro atoms. The first-order chi connectivity index (χ1) is 6.02. The summed E-state index contributed by atoms with van der Waals surface area (Å²) in [4.78, 5) is 10.8. The molecule has 0 bridgehead atoms. The Kier molecular flexibility index (Phi) is 3.47. The molecule has 2 unspecified atom stereocenters. The van der Waals surface area contributed by atoms with Crippen molar-refractivity contribution in [1.82, 2.24) is 0 Å². The van der Waals surface area contributed by atoms with Gasteiger partial charge >= 0.3 is 5.97 Å². The van der Waals surface area contributed by atoms with Gasteiger partial charge in [0.05, 0.1) is 0 Å². The molecular weight excluding hydrogens is 188 g/mol. The third kappa shape index (κ3) is 3.10. The molecule has 0 amide bonds. The molecule has 0 heterocycles. The minimum absolute atomic E-state index is 0.178. The third-order valence-electron chi connectivity index (χ3n) is 2.07. The number of carboxylic acid groups (broad SMARTS) is 1. The van der Waals surface area contributed by atoms with Gasteiger partial charge in [-0.05, 0) is 24.7 Å². The fourth-order valence-electron chi connectivity index (χ4n) is 1.36. The van der Waals surface area contributed by atoms with E-state index < -0.39 is 22.0 Å². The van der Waals surface area contributed by atoms with E-state index in [1.54, 1.807) is 0 Å². The Hall–Kier alpha value is -0.380. The smallest absolute Gasteiger partial charge is 0.319 e. The van der Waals surface area contributed by atoms with Gasteiger partial charge < -0.3 is 5.11 Å². The van der Waals surface area contributed by atoms with Gasteiger partial charge in [0.1, 0.15) is 5.25 Å². The zero-order valence-electron chi connectivity index (χ0n) is 8.03. The Balaban J connectivity index is 2.53. The second-order valence-corrected chi connectivity index (χ2v) is 5.64. The van der Waals surface area contributed by atoms with Crippen LogP contribution < -0.4 is 0 Å². The van der Waals surface area contributed by atoms with Crippen molar-refractivity contribution in [1.29, 1.82) is 0 Å². The van der Waals surface area contributed by atoms with Crippen LogP contribution in [0.4, 0.5) is 0 Å². The lowest BCUT2D eigenvalue weighted by Crippen LogP contribution is -2.30. The van der Waals surface area contributed by atoms with Crippen LogP contribution in [0, 0.1) is 11.8 Å². The van der Waals surface area contributed by atoms with Gasteiger partial charge in [0.25, 0.3) is 0 Å². The van der Waals surface area contributed by atoms with Crippen LogP contribution in [0.25, 0.3) is 0 Å². The molecule has 1 fully saturated rings. The van der Waals surface area contributed by atoms with Crippen molar-refractivity contribution in [2.24, 2.45) is 11.8 Å². The maximum Gasteiger partial charge on any atom is 0.319 e. The summed E-state index contributed by atoms with van der Waals surface area (Å²) in [6.07, 6.45) is 1.86. The first-order valence-corrected chi connectivity index (χ1v) is 6.00. The van der Waals surface area contributed by atoms with E-state index in [0.29, 0.717) is 11.7 Å². The van der Waals surface area contributed by atoms with Gasteiger partial charge in [0, 0.05) is 16.6 Å². The summed E-state index contributed by atoms with van der Waals surface area (Å²) in [6, 6.07) is 0. The highest BCUT2D eigenvalue weighted by Crippen LogP contribution is 2.35. The lowest BCUT2D eigenvalue weighted by molar-refractivity contribution is -0.136. The van der Waals surface area contributed by atoms with Crippen molar-refractivity contribution in [2.75, 3.05) is 5.75 Å². The van der Waals surface area contributed by atoms with Crippen LogP contribution in [0.5, 0.6) is 0 Å². The maximum atomic E-state index is 11.6. The van der Waals surface area contributed by atoms with Crippen molar-refractivity contribution in [3.63, 3.8) is 0 Å². The molecule has 0 aromatic carbocycles. The Morgan fingerprint density at radius 1 is 1.54 bits per heavy atom. The first-order valence-electron chi connectivity index (χ1n) is 4.62. The summed E-state index contributed by atoms with van der Waals surface area (Å²) >= 11 is 0. The number of carboxylic acids is 1. The molecule has 76 valence electrons. The van der Waals surface area contributed by atoms with Crippen molar-refractivity contribution >= 4 is 16.8 Å². The lowest BCUT2D eigenvalue weighted by Gasteiger charge is -2.12. The standard InChI is InChI=1S/C9H16O3S/c1-6(2)5-13(12)8(9(10)11)7-3-4-7/h6-8H,3-5H2,1-2H3,(H,10,11). The molecule has 1 N–H and O–H groups in total. The van der Waals surface area contributed by atoms with Gasteiger partial charge in [0.2, 0.25) is 0 Å². The van der Waals surface area contributed by atoms with Crippen LogP contribution in [0.3, 0.4) is 0 Å². The van der Waals surface area contributed by atoms with Gasteiger partial charge in [-0.3, -0.25) is 9.00 Å². The predicted molar refractivity (Wildman–Crippen MR) is 52.0 cm³/mol. The van der Waals surface area contributed by atoms with Crippen LogP contribution in [-0.2, 0) is 15.6 Å². The molecule has 0 aliphatic heterocycles. The van der Waals surface area contributed by atoms with Crippen LogP contribution in [0.2, 0.25) is 0 Å². The molecule has 2 atom stereocenters. The zero-order chi connectivity index (χ0) is 10.0. The maximum absolute atomic E-state index is 11.6. The average molecular weight is 204 g/mol. The lowest BCUT2D eigenvalue weighted by atomic mass is 10.3. The fourth-order valence-corrected chi connectivity index (χ4v) is 3.15. The molecule has 1 rings (SSSR count). The molecule has 3 nitrogen and oxygen atoms in total. The quantitative estimate of drug-likeness (QED) is 0.733. The van der Waals surface area contributed by atoms with E-state index >= 15 is 0 Å². The van der Waals surface area contributed by atoms with Gasteiger partial charge in [-0.1, -0.05) is 13.8 Å². The Bertz CT molecular complexity index is 221. The number of carbonyl (C=O) groups is 1. The third-order valence-corrected chi connectivity index (χ3v) is 4.22. The van der Waals surface area contributed by atoms with E-state index in [2.05, 4.69) is 0 Å². The van der Waals surface area contributed by atoms with Crippen LogP contribution >= 0.6 is 0 Å². The van der Waals surface area contributed by atoms with Crippen molar-refractivity contribution < 1.29 is 14.1 Å². The highest BCUT2D eigenvalue weighted by atomic mass is 32.2. The summed E-state index contributed by atoms with van der Waals surface area (Å²) in [5.41, 5.74) is 0. The monoisotopic (exact) mass is 204 g/mol. The fraction of sp³-hybridized carbons (Fsp3) is 0.889.